The molecule has 3 aromatic rings. The van der Waals surface area contributed by atoms with Crippen molar-refractivity contribution in [1.29, 1.82) is 0 Å². The third kappa shape index (κ3) is 4.13. The molecule has 0 unspecified atom stereocenters. The normalized spacial score (nSPS) is 10.6. The van der Waals surface area contributed by atoms with Crippen LogP contribution in [-0.4, -0.2) is 20.7 Å². The summed E-state index contributed by atoms with van der Waals surface area (Å²) in [6.45, 7) is 0.686. The van der Waals surface area contributed by atoms with E-state index in [1.807, 2.05) is 12.1 Å². The van der Waals surface area contributed by atoms with Crippen molar-refractivity contribution in [3.63, 3.8) is 0 Å². The van der Waals surface area contributed by atoms with Gasteiger partial charge in [0.15, 0.2) is 0 Å². The van der Waals surface area contributed by atoms with Crippen molar-refractivity contribution in [2.75, 3.05) is 0 Å². The molecule has 0 spiro atoms. The van der Waals surface area contributed by atoms with Crippen molar-refractivity contribution < 1.29 is 9.53 Å². The third-order valence-corrected chi connectivity index (χ3v) is 3.96. The van der Waals surface area contributed by atoms with Crippen LogP contribution in [-0.2, 0) is 17.9 Å². The molecule has 0 N–H and O–H groups in total. The lowest BCUT2D eigenvalue weighted by atomic mass is 10.1. The standard InChI is InChI=1S/C17H13Cl2N3O2/c18-15-6-5-14(16(19)7-15)9-24-17(23)13-3-1-12(2-4-13)8-22-11-20-10-21-22/h1-7,10-11H,8-9H2. The number of ether oxygens (including phenoxy) is 1. The molecular formula is C17H13Cl2N3O2. The van der Waals surface area contributed by atoms with E-state index in [-0.39, 0.29) is 6.61 Å². The van der Waals surface area contributed by atoms with E-state index in [9.17, 15) is 4.79 Å². The largest absolute Gasteiger partial charge is 0.457 e. The molecule has 0 aliphatic heterocycles. The van der Waals surface area contributed by atoms with E-state index in [1.165, 1.54) is 6.33 Å². The second-order valence-electron chi connectivity index (χ2n) is 5.10. The van der Waals surface area contributed by atoms with Crippen LogP contribution in [0.5, 0.6) is 0 Å². The fourth-order valence-corrected chi connectivity index (χ4v) is 2.58. The van der Waals surface area contributed by atoms with Crippen LogP contribution in [0.3, 0.4) is 0 Å². The second kappa shape index (κ2) is 7.47. The fourth-order valence-electron chi connectivity index (χ4n) is 2.11. The highest BCUT2D eigenvalue weighted by molar-refractivity contribution is 6.35. The molecule has 2 aromatic carbocycles. The molecule has 5 nitrogen and oxygen atoms in total. The summed E-state index contributed by atoms with van der Waals surface area (Å²) in [4.78, 5) is 16.0. The molecule has 0 radical (unpaired) electrons. The number of carbonyl (C=O) groups excluding carboxylic acids is 1. The molecule has 24 heavy (non-hydrogen) atoms. The lowest BCUT2D eigenvalue weighted by molar-refractivity contribution is 0.0473. The van der Waals surface area contributed by atoms with Gasteiger partial charge in [0.05, 0.1) is 12.1 Å². The van der Waals surface area contributed by atoms with Gasteiger partial charge in [-0.1, -0.05) is 41.4 Å². The van der Waals surface area contributed by atoms with E-state index in [0.29, 0.717) is 27.7 Å². The van der Waals surface area contributed by atoms with Crippen molar-refractivity contribution in [2.45, 2.75) is 13.2 Å². The minimum atomic E-state index is -0.409. The SMILES string of the molecule is O=C(OCc1ccc(Cl)cc1Cl)c1ccc(Cn2cncn2)cc1. The molecule has 1 heterocycles. The Morgan fingerprint density at radius 1 is 1.12 bits per heavy atom. The lowest BCUT2D eigenvalue weighted by Crippen LogP contribution is -2.06. The van der Waals surface area contributed by atoms with Crippen LogP contribution in [0, 0.1) is 0 Å². The first-order valence-corrected chi connectivity index (χ1v) is 7.90. The molecule has 0 amide bonds. The summed E-state index contributed by atoms with van der Waals surface area (Å²) in [7, 11) is 0. The van der Waals surface area contributed by atoms with Crippen molar-refractivity contribution in [2.24, 2.45) is 0 Å². The number of carbonyl (C=O) groups is 1. The molecule has 0 saturated carbocycles. The zero-order valence-corrected chi connectivity index (χ0v) is 14.0. The molecular weight excluding hydrogens is 349 g/mol. The first kappa shape index (κ1) is 16.5. The summed E-state index contributed by atoms with van der Waals surface area (Å²) >= 11 is 11.9. The number of halogens is 2. The van der Waals surface area contributed by atoms with Crippen LogP contribution in [0.25, 0.3) is 0 Å². The first-order valence-electron chi connectivity index (χ1n) is 7.14. The average Bonchev–Trinajstić information content (AvgIpc) is 3.07. The van der Waals surface area contributed by atoms with Gasteiger partial charge in [-0.2, -0.15) is 5.10 Å². The number of rotatable bonds is 5. The highest BCUT2D eigenvalue weighted by atomic mass is 35.5. The van der Waals surface area contributed by atoms with Crippen molar-refractivity contribution in [3.05, 3.63) is 81.9 Å². The maximum absolute atomic E-state index is 12.1. The van der Waals surface area contributed by atoms with Gasteiger partial charge < -0.3 is 4.74 Å². The van der Waals surface area contributed by atoms with Gasteiger partial charge in [0.1, 0.15) is 19.3 Å². The number of aromatic nitrogens is 3. The predicted molar refractivity (Wildman–Crippen MR) is 91.1 cm³/mol. The van der Waals surface area contributed by atoms with Crippen LogP contribution in [0.1, 0.15) is 21.5 Å². The zero-order valence-electron chi connectivity index (χ0n) is 12.5. The maximum atomic E-state index is 12.1. The molecule has 0 fully saturated rings. The molecule has 3 rings (SSSR count). The molecule has 0 bridgehead atoms. The lowest BCUT2D eigenvalue weighted by Gasteiger charge is -2.08. The average molecular weight is 362 g/mol. The van der Waals surface area contributed by atoms with Gasteiger partial charge in [-0.25, -0.2) is 14.5 Å². The van der Waals surface area contributed by atoms with E-state index < -0.39 is 5.97 Å². The quantitative estimate of drug-likeness (QED) is 0.644. The monoisotopic (exact) mass is 361 g/mol. The van der Waals surface area contributed by atoms with Gasteiger partial charge in [-0.3, -0.25) is 0 Å². The summed E-state index contributed by atoms with van der Waals surface area (Å²) in [5.41, 5.74) is 2.19. The Labute approximate surface area is 148 Å². The van der Waals surface area contributed by atoms with Crippen LogP contribution >= 0.6 is 23.2 Å². The van der Waals surface area contributed by atoms with E-state index in [0.717, 1.165) is 5.56 Å². The van der Waals surface area contributed by atoms with Crippen LogP contribution in [0.2, 0.25) is 10.0 Å². The Morgan fingerprint density at radius 3 is 2.58 bits per heavy atom. The number of hydrogen-bond donors (Lipinski definition) is 0. The number of esters is 1. The number of hydrogen-bond acceptors (Lipinski definition) is 4. The molecule has 0 aliphatic rings. The van der Waals surface area contributed by atoms with Crippen LogP contribution in [0.4, 0.5) is 0 Å². The number of benzene rings is 2. The van der Waals surface area contributed by atoms with E-state index in [1.54, 1.807) is 41.3 Å². The van der Waals surface area contributed by atoms with Gasteiger partial charge in [-0.05, 0) is 29.8 Å². The number of nitrogens with zero attached hydrogens (tertiary/aromatic N) is 3. The van der Waals surface area contributed by atoms with Gasteiger partial charge in [0.25, 0.3) is 0 Å². The van der Waals surface area contributed by atoms with E-state index >= 15 is 0 Å². The molecule has 1 aromatic heterocycles. The Hall–Kier alpha value is -2.37. The smallest absolute Gasteiger partial charge is 0.338 e. The molecule has 0 aliphatic carbocycles. The summed E-state index contributed by atoms with van der Waals surface area (Å²) < 4.78 is 6.99. The predicted octanol–water partition coefficient (Wildman–Crippen LogP) is 3.99. The van der Waals surface area contributed by atoms with Crippen molar-refractivity contribution in [1.82, 2.24) is 14.8 Å². The maximum Gasteiger partial charge on any atom is 0.338 e. The summed E-state index contributed by atoms with van der Waals surface area (Å²) in [6, 6.07) is 12.2. The minimum Gasteiger partial charge on any atom is -0.457 e. The van der Waals surface area contributed by atoms with Crippen LogP contribution in [0.15, 0.2) is 55.1 Å². The van der Waals surface area contributed by atoms with Gasteiger partial charge in [0, 0.05) is 15.6 Å². The second-order valence-corrected chi connectivity index (χ2v) is 5.95. The minimum absolute atomic E-state index is 0.0928. The van der Waals surface area contributed by atoms with Crippen molar-refractivity contribution >= 4 is 29.2 Å². The first-order chi connectivity index (χ1) is 11.6. The Kier molecular flexibility index (Phi) is 5.13. The fraction of sp³-hybridized carbons (Fsp3) is 0.118. The third-order valence-electron chi connectivity index (χ3n) is 3.37. The molecule has 122 valence electrons. The Balaban J connectivity index is 1.60. The summed E-state index contributed by atoms with van der Waals surface area (Å²) in [5.74, 6) is -0.409. The van der Waals surface area contributed by atoms with Crippen LogP contribution < -0.4 is 0 Å². The van der Waals surface area contributed by atoms with E-state index in [2.05, 4.69) is 10.1 Å². The molecule has 0 atom stereocenters. The van der Waals surface area contributed by atoms with Crippen molar-refractivity contribution in [3.8, 4) is 0 Å². The summed E-state index contributed by atoms with van der Waals surface area (Å²) in [6.07, 6.45) is 3.12. The van der Waals surface area contributed by atoms with E-state index in [4.69, 9.17) is 27.9 Å². The Morgan fingerprint density at radius 2 is 1.92 bits per heavy atom. The summed E-state index contributed by atoms with van der Waals surface area (Å²) in [5, 5.41) is 5.05. The molecule has 7 heteroatoms. The highest BCUT2D eigenvalue weighted by Crippen LogP contribution is 2.22. The van der Waals surface area contributed by atoms with Gasteiger partial charge >= 0.3 is 5.97 Å². The molecule has 0 saturated heterocycles. The van der Waals surface area contributed by atoms with Gasteiger partial charge in [0.2, 0.25) is 0 Å². The Bertz CT molecular complexity index is 834. The zero-order chi connectivity index (χ0) is 16.9. The van der Waals surface area contributed by atoms with Gasteiger partial charge in [-0.15, -0.1) is 0 Å². The topological polar surface area (TPSA) is 57.0 Å². The highest BCUT2D eigenvalue weighted by Gasteiger charge is 2.09.